The van der Waals surface area contributed by atoms with Crippen LogP contribution in [0.15, 0.2) is 37.2 Å². The first-order chi connectivity index (χ1) is 10.1. The van der Waals surface area contributed by atoms with Crippen LogP contribution in [0.25, 0.3) is 0 Å². The lowest BCUT2D eigenvalue weighted by Gasteiger charge is -2.32. The van der Waals surface area contributed by atoms with Gasteiger partial charge in [-0.15, -0.1) is 6.58 Å². The summed E-state index contributed by atoms with van der Waals surface area (Å²) in [5.74, 6) is -0.101. The Bertz CT molecular complexity index is 518. The molecule has 1 saturated heterocycles. The molecule has 2 heterocycles. The zero-order valence-electron chi connectivity index (χ0n) is 12.1. The first-order valence-corrected chi connectivity index (χ1v) is 7.03. The Kier molecular flexibility index (Phi) is 4.92. The van der Waals surface area contributed by atoms with Crippen LogP contribution in [-0.4, -0.2) is 35.6 Å². The molecular formula is C15H20N4O2. The number of hydrogen-bond donors (Lipinski definition) is 2. The molecule has 0 aromatic carbocycles. The highest BCUT2D eigenvalue weighted by Crippen LogP contribution is 2.19. The van der Waals surface area contributed by atoms with E-state index in [-0.39, 0.29) is 18.0 Å². The third-order valence-electron chi connectivity index (χ3n) is 3.41. The smallest absolute Gasteiger partial charge is 0.315 e. The molecule has 0 spiro atoms. The van der Waals surface area contributed by atoms with Crippen molar-refractivity contribution in [3.05, 3.63) is 37.2 Å². The summed E-state index contributed by atoms with van der Waals surface area (Å²) in [7, 11) is 0. The molecule has 1 fully saturated rings. The Hall–Kier alpha value is -2.37. The topological polar surface area (TPSA) is 74.3 Å². The number of carbonyl (C=O) groups excluding carboxylic acids is 2. The highest BCUT2D eigenvalue weighted by Gasteiger charge is 2.30. The van der Waals surface area contributed by atoms with Crippen LogP contribution in [0.3, 0.4) is 0 Å². The van der Waals surface area contributed by atoms with E-state index >= 15 is 0 Å². The van der Waals surface area contributed by atoms with Gasteiger partial charge < -0.3 is 15.5 Å². The number of anilines is 1. The molecule has 112 valence electrons. The predicted octanol–water partition coefficient (Wildman–Crippen LogP) is 1.45. The first-order valence-electron chi connectivity index (χ1n) is 7.03. The van der Waals surface area contributed by atoms with Gasteiger partial charge in [0.15, 0.2) is 0 Å². The van der Waals surface area contributed by atoms with Gasteiger partial charge in [-0.25, -0.2) is 4.79 Å². The van der Waals surface area contributed by atoms with Gasteiger partial charge >= 0.3 is 6.03 Å². The molecule has 1 aromatic heterocycles. The van der Waals surface area contributed by atoms with Crippen molar-refractivity contribution in [2.45, 2.75) is 31.8 Å². The highest BCUT2D eigenvalue weighted by atomic mass is 16.2. The Labute approximate surface area is 124 Å². The first kappa shape index (κ1) is 15.0. The number of carbonyl (C=O) groups is 2. The molecule has 6 nitrogen and oxygen atoms in total. The van der Waals surface area contributed by atoms with Gasteiger partial charge in [-0.3, -0.25) is 9.78 Å². The number of pyridine rings is 1. The minimum atomic E-state index is -0.504. The predicted molar refractivity (Wildman–Crippen MR) is 80.9 cm³/mol. The van der Waals surface area contributed by atoms with Crippen molar-refractivity contribution in [1.82, 2.24) is 15.6 Å². The number of piperidine rings is 1. The van der Waals surface area contributed by atoms with E-state index in [9.17, 15) is 9.59 Å². The lowest BCUT2D eigenvalue weighted by molar-refractivity contribution is -0.121. The minimum Gasteiger partial charge on any atom is -0.332 e. The zero-order valence-corrected chi connectivity index (χ0v) is 12.1. The Balaban J connectivity index is 2.00. The van der Waals surface area contributed by atoms with E-state index in [1.807, 2.05) is 13.0 Å². The lowest BCUT2D eigenvalue weighted by Crippen LogP contribution is -2.55. The molecule has 2 N–H and O–H groups in total. The number of nitrogens with zero attached hydrogens (tertiary/aromatic N) is 2. The molecule has 0 saturated carbocycles. The van der Waals surface area contributed by atoms with Gasteiger partial charge in [-0.1, -0.05) is 6.08 Å². The number of hydrogen-bond acceptors (Lipinski definition) is 3. The van der Waals surface area contributed by atoms with Crippen LogP contribution in [0.5, 0.6) is 0 Å². The summed E-state index contributed by atoms with van der Waals surface area (Å²) in [4.78, 5) is 30.0. The van der Waals surface area contributed by atoms with Crippen molar-refractivity contribution in [3.8, 4) is 0 Å². The summed E-state index contributed by atoms with van der Waals surface area (Å²) in [5.41, 5.74) is 0.758. The van der Waals surface area contributed by atoms with Gasteiger partial charge in [0, 0.05) is 18.8 Å². The third kappa shape index (κ3) is 3.81. The van der Waals surface area contributed by atoms with E-state index in [2.05, 4.69) is 22.2 Å². The molecule has 21 heavy (non-hydrogen) atoms. The van der Waals surface area contributed by atoms with Gasteiger partial charge in [-0.05, 0) is 31.9 Å². The van der Waals surface area contributed by atoms with Crippen LogP contribution in [0, 0.1) is 0 Å². The van der Waals surface area contributed by atoms with E-state index in [0.717, 1.165) is 12.1 Å². The maximum Gasteiger partial charge on any atom is 0.315 e. The summed E-state index contributed by atoms with van der Waals surface area (Å²) in [6.45, 7) is 6.07. The van der Waals surface area contributed by atoms with Crippen LogP contribution >= 0.6 is 0 Å². The molecule has 0 bridgehead atoms. The van der Waals surface area contributed by atoms with Gasteiger partial charge in [0.25, 0.3) is 0 Å². The second-order valence-corrected chi connectivity index (χ2v) is 5.04. The Morgan fingerprint density at radius 3 is 3.10 bits per heavy atom. The Morgan fingerprint density at radius 1 is 1.62 bits per heavy atom. The average Bonchev–Trinajstić information content (AvgIpc) is 2.50. The average molecular weight is 288 g/mol. The molecule has 2 atom stereocenters. The molecule has 1 aliphatic rings. The van der Waals surface area contributed by atoms with Gasteiger partial charge in [-0.2, -0.15) is 0 Å². The highest BCUT2D eigenvalue weighted by molar-refractivity contribution is 5.99. The Morgan fingerprint density at radius 2 is 2.43 bits per heavy atom. The number of aromatic nitrogens is 1. The van der Waals surface area contributed by atoms with Gasteiger partial charge in [0.2, 0.25) is 5.91 Å². The maximum atomic E-state index is 12.5. The van der Waals surface area contributed by atoms with Crippen LogP contribution in [-0.2, 0) is 4.79 Å². The summed E-state index contributed by atoms with van der Waals surface area (Å²) in [6, 6.07) is 2.63. The maximum absolute atomic E-state index is 12.5. The van der Waals surface area contributed by atoms with Crippen molar-refractivity contribution in [2.24, 2.45) is 0 Å². The second kappa shape index (κ2) is 6.88. The largest absolute Gasteiger partial charge is 0.332 e. The molecule has 3 amide bonds. The summed E-state index contributed by atoms with van der Waals surface area (Å²) < 4.78 is 0. The van der Waals surface area contributed by atoms with E-state index < -0.39 is 6.04 Å². The van der Waals surface area contributed by atoms with Crippen molar-refractivity contribution in [2.75, 3.05) is 11.4 Å². The monoisotopic (exact) mass is 288 g/mol. The fourth-order valence-corrected chi connectivity index (χ4v) is 2.24. The van der Waals surface area contributed by atoms with E-state index in [4.69, 9.17) is 0 Å². The molecule has 1 aromatic rings. The van der Waals surface area contributed by atoms with Crippen LogP contribution in [0.4, 0.5) is 10.5 Å². The van der Waals surface area contributed by atoms with Crippen molar-refractivity contribution >= 4 is 17.6 Å². The zero-order chi connectivity index (χ0) is 15.2. The van der Waals surface area contributed by atoms with Crippen molar-refractivity contribution in [1.29, 1.82) is 0 Å². The fraction of sp³-hybridized carbons (Fsp3) is 0.400. The standard InChI is InChI=1S/C15H20N4O2/c1-3-11(2)17-15(21)18-13-7-5-9-19(14(13)20)12-6-4-8-16-10-12/h3-4,6,8,10-11,13H,1,5,7,9H2,2H3,(H2,17,18,21)/t11-,13-/m0/s1. The second-order valence-electron chi connectivity index (χ2n) is 5.04. The molecule has 0 radical (unpaired) electrons. The van der Waals surface area contributed by atoms with Gasteiger partial charge in [0.1, 0.15) is 6.04 Å². The minimum absolute atomic E-state index is 0.101. The lowest BCUT2D eigenvalue weighted by atomic mass is 10.0. The third-order valence-corrected chi connectivity index (χ3v) is 3.41. The number of rotatable bonds is 4. The number of nitrogens with one attached hydrogen (secondary N) is 2. The molecule has 0 aliphatic carbocycles. The molecular weight excluding hydrogens is 268 g/mol. The van der Waals surface area contributed by atoms with E-state index in [0.29, 0.717) is 13.0 Å². The van der Waals surface area contributed by atoms with Crippen molar-refractivity contribution in [3.63, 3.8) is 0 Å². The van der Waals surface area contributed by atoms with E-state index in [1.165, 1.54) is 0 Å². The molecule has 0 unspecified atom stereocenters. The molecule has 6 heteroatoms. The number of urea groups is 1. The summed E-state index contributed by atoms with van der Waals surface area (Å²) >= 11 is 0. The fourth-order valence-electron chi connectivity index (χ4n) is 2.24. The summed E-state index contributed by atoms with van der Waals surface area (Å²) in [5, 5.41) is 5.42. The molecule has 1 aliphatic heterocycles. The quantitative estimate of drug-likeness (QED) is 0.824. The van der Waals surface area contributed by atoms with Crippen LogP contribution in [0.1, 0.15) is 19.8 Å². The molecule has 2 rings (SSSR count). The van der Waals surface area contributed by atoms with E-state index in [1.54, 1.807) is 29.4 Å². The van der Waals surface area contributed by atoms with Crippen molar-refractivity contribution < 1.29 is 9.59 Å². The van der Waals surface area contributed by atoms with Gasteiger partial charge in [0.05, 0.1) is 11.9 Å². The number of amides is 3. The normalized spacial score (nSPS) is 19.8. The van der Waals surface area contributed by atoms with Crippen LogP contribution in [0.2, 0.25) is 0 Å². The van der Waals surface area contributed by atoms with Crippen LogP contribution < -0.4 is 15.5 Å². The SMILES string of the molecule is C=C[C@H](C)NC(=O)N[C@H]1CCCN(c2cccnc2)C1=O. The summed E-state index contributed by atoms with van der Waals surface area (Å²) in [6.07, 6.45) is 6.43.